The first-order valence-electron chi connectivity index (χ1n) is 6.85. The lowest BCUT2D eigenvalue weighted by Gasteiger charge is -2.10. The Morgan fingerprint density at radius 3 is 3.00 bits per heavy atom. The van der Waals surface area contributed by atoms with Crippen molar-refractivity contribution in [1.29, 1.82) is 0 Å². The van der Waals surface area contributed by atoms with Crippen LogP contribution in [0.4, 0.5) is 5.69 Å². The topological polar surface area (TPSA) is 49.4 Å². The normalized spacial score (nSPS) is 13.4. The Balaban J connectivity index is 1.63. The Labute approximate surface area is 127 Å². The molecule has 0 fully saturated rings. The molecule has 108 valence electrons. The van der Waals surface area contributed by atoms with E-state index in [1.807, 2.05) is 23.6 Å². The number of thiophene rings is 1. The molecule has 0 saturated heterocycles. The number of fused-ring (bicyclic) bond motifs is 1. The molecule has 2 heterocycles. The van der Waals surface area contributed by atoms with Crippen LogP contribution in [-0.2, 0) is 17.6 Å². The minimum atomic E-state index is -0.0867. The van der Waals surface area contributed by atoms with Crippen LogP contribution in [0.1, 0.15) is 20.8 Å². The molecule has 3 rings (SSSR count). The summed E-state index contributed by atoms with van der Waals surface area (Å²) in [5.41, 5.74) is 2.44. The Bertz CT molecular complexity index is 680. The summed E-state index contributed by atoms with van der Waals surface area (Å²) in [7, 11) is 1.76. The highest BCUT2D eigenvalue weighted by atomic mass is 32.1. The first-order valence-corrected chi connectivity index (χ1v) is 7.73. The van der Waals surface area contributed by atoms with E-state index < -0.39 is 0 Å². The predicted octanol–water partition coefficient (Wildman–Crippen LogP) is 2.24. The van der Waals surface area contributed by atoms with Crippen molar-refractivity contribution in [3.8, 4) is 0 Å². The van der Waals surface area contributed by atoms with Crippen LogP contribution >= 0.6 is 11.3 Å². The highest BCUT2D eigenvalue weighted by molar-refractivity contribution is 7.09. The molecule has 1 aliphatic rings. The highest BCUT2D eigenvalue weighted by Gasteiger charge is 2.24. The molecule has 1 N–H and O–H groups in total. The molecular weight excluding hydrogens is 284 g/mol. The quantitative estimate of drug-likeness (QED) is 0.941. The van der Waals surface area contributed by atoms with Gasteiger partial charge in [-0.3, -0.25) is 9.59 Å². The van der Waals surface area contributed by atoms with Gasteiger partial charge in [0, 0.05) is 29.7 Å². The molecule has 0 unspecified atom stereocenters. The summed E-state index contributed by atoms with van der Waals surface area (Å²) in [6.45, 7) is 0.620. The molecule has 4 nitrogen and oxygen atoms in total. The largest absolute Gasteiger partial charge is 0.352 e. The maximum Gasteiger partial charge on any atom is 0.251 e. The fourth-order valence-corrected chi connectivity index (χ4v) is 3.18. The lowest BCUT2D eigenvalue weighted by molar-refractivity contribution is -0.117. The number of benzene rings is 1. The van der Waals surface area contributed by atoms with Gasteiger partial charge in [-0.25, -0.2) is 0 Å². The lowest BCUT2D eigenvalue weighted by Crippen LogP contribution is -2.25. The number of nitrogens with one attached hydrogen (secondary N) is 1. The molecule has 21 heavy (non-hydrogen) atoms. The number of hydrogen-bond donors (Lipinski definition) is 1. The third kappa shape index (κ3) is 2.83. The molecule has 0 saturated carbocycles. The number of hydrogen-bond acceptors (Lipinski definition) is 3. The van der Waals surface area contributed by atoms with Crippen molar-refractivity contribution in [2.24, 2.45) is 0 Å². The van der Waals surface area contributed by atoms with Gasteiger partial charge >= 0.3 is 0 Å². The van der Waals surface area contributed by atoms with Gasteiger partial charge in [-0.1, -0.05) is 6.07 Å². The zero-order chi connectivity index (χ0) is 14.8. The Morgan fingerprint density at radius 2 is 2.24 bits per heavy atom. The lowest BCUT2D eigenvalue weighted by atomic mass is 10.1. The Kier molecular flexibility index (Phi) is 3.75. The molecule has 1 aromatic carbocycles. The van der Waals surface area contributed by atoms with Crippen molar-refractivity contribution in [2.75, 3.05) is 18.5 Å². The van der Waals surface area contributed by atoms with Crippen molar-refractivity contribution in [1.82, 2.24) is 5.32 Å². The third-order valence-electron chi connectivity index (χ3n) is 3.66. The zero-order valence-corrected chi connectivity index (χ0v) is 12.6. The van der Waals surface area contributed by atoms with Crippen LogP contribution in [0.5, 0.6) is 0 Å². The molecular formula is C16H16N2O2S. The van der Waals surface area contributed by atoms with Gasteiger partial charge in [-0.15, -0.1) is 11.3 Å². The molecule has 0 radical (unpaired) electrons. The molecule has 1 aliphatic heterocycles. The van der Waals surface area contributed by atoms with Gasteiger partial charge in [0.25, 0.3) is 5.91 Å². The summed E-state index contributed by atoms with van der Waals surface area (Å²) < 4.78 is 0. The van der Waals surface area contributed by atoms with E-state index in [1.165, 1.54) is 4.88 Å². The van der Waals surface area contributed by atoms with Crippen LogP contribution in [0.15, 0.2) is 35.7 Å². The number of carbonyl (C=O) groups excluding carboxylic acids is 2. The van der Waals surface area contributed by atoms with Gasteiger partial charge < -0.3 is 10.2 Å². The number of anilines is 1. The molecule has 0 spiro atoms. The van der Waals surface area contributed by atoms with E-state index in [1.54, 1.807) is 29.4 Å². The van der Waals surface area contributed by atoms with Crippen molar-refractivity contribution in [3.63, 3.8) is 0 Å². The van der Waals surface area contributed by atoms with Gasteiger partial charge in [0.05, 0.1) is 6.42 Å². The third-order valence-corrected chi connectivity index (χ3v) is 4.59. The van der Waals surface area contributed by atoms with Crippen LogP contribution in [0, 0.1) is 0 Å². The Hall–Kier alpha value is -2.14. The predicted molar refractivity (Wildman–Crippen MR) is 83.9 cm³/mol. The van der Waals surface area contributed by atoms with Crippen molar-refractivity contribution in [2.45, 2.75) is 12.8 Å². The first kappa shape index (κ1) is 13.8. The fraction of sp³-hybridized carbons (Fsp3) is 0.250. The van der Waals surface area contributed by atoms with E-state index in [-0.39, 0.29) is 11.8 Å². The molecule has 0 atom stereocenters. The van der Waals surface area contributed by atoms with Crippen LogP contribution in [0.2, 0.25) is 0 Å². The first-order chi connectivity index (χ1) is 10.1. The molecule has 2 aromatic rings. The average molecular weight is 300 g/mol. The maximum atomic E-state index is 12.1. The fourth-order valence-electron chi connectivity index (χ4n) is 2.47. The van der Waals surface area contributed by atoms with E-state index in [4.69, 9.17) is 0 Å². The number of amides is 2. The van der Waals surface area contributed by atoms with Gasteiger partial charge in [-0.05, 0) is 41.6 Å². The number of nitrogens with zero attached hydrogens (tertiary/aromatic N) is 1. The minimum absolute atomic E-state index is 0.0697. The number of likely N-dealkylation sites (N-methyl/N-ethyl adjacent to an activating group) is 1. The molecule has 1 aromatic heterocycles. The van der Waals surface area contributed by atoms with E-state index >= 15 is 0 Å². The SMILES string of the molecule is CN1C(=O)Cc2cc(C(=O)NCCc3cccs3)ccc21. The summed E-state index contributed by atoms with van der Waals surface area (Å²) in [5, 5.41) is 4.95. The zero-order valence-electron chi connectivity index (χ0n) is 11.8. The van der Waals surface area contributed by atoms with Crippen LogP contribution in [0.3, 0.4) is 0 Å². The second-order valence-electron chi connectivity index (χ2n) is 5.06. The maximum absolute atomic E-state index is 12.1. The summed E-state index contributed by atoms with van der Waals surface area (Å²) in [6.07, 6.45) is 1.22. The van der Waals surface area contributed by atoms with Gasteiger partial charge in [0.2, 0.25) is 5.91 Å². The minimum Gasteiger partial charge on any atom is -0.352 e. The smallest absolute Gasteiger partial charge is 0.251 e. The summed E-state index contributed by atoms with van der Waals surface area (Å²) in [4.78, 5) is 26.7. The highest BCUT2D eigenvalue weighted by Crippen LogP contribution is 2.28. The van der Waals surface area contributed by atoms with E-state index in [0.717, 1.165) is 17.7 Å². The summed E-state index contributed by atoms with van der Waals surface area (Å²) >= 11 is 1.69. The monoisotopic (exact) mass is 300 g/mol. The number of rotatable bonds is 4. The van der Waals surface area contributed by atoms with Gasteiger partial charge in [-0.2, -0.15) is 0 Å². The second kappa shape index (κ2) is 5.69. The molecule has 0 aliphatic carbocycles. The van der Waals surface area contributed by atoms with Crippen LogP contribution in [0.25, 0.3) is 0 Å². The molecule has 0 bridgehead atoms. The van der Waals surface area contributed by atoms with Gasteiger partial charge in [0.15, 0.2) is 0 Å². The molecule has 5 heteroatoms. The number of carbonyl (C=O) groups is 2. The van der Waals surface area contributed by atoms with Crippen molar-refractivity contribution in [3.05, 3.63) is 51.7 Å². The van der Waals surface area contributed by atoms with E-state index in [2.05, 4.69) is 11.4 Å². The van der Waals surface area contributed by atoms with Gasteiger partial charge in [0.1, 0.15) is 0 Å². The van der Waals surface area contributed by atoms with Crippen LogP contribution in [-0.4, -0.2) is 25.4 Å². The summed E-state index contributed by atoms with van der Waals surface area (Å²) in [5.74, 6) is -0.0170. The Morgan fingerprint density at radius 1 is 1.38 bits per heavy atom. The molecule has 2 amide bonds. The van der Waals surface area contributed by atoms with E-state index in [9.17, 15) is 9.59 Å². The van der Waals surface area contributed by atoms with Crippen molar-refractivity contribution >= 4 is 28.8 Å². The van der Waals surface area contributed by atoms with E-state index in [0.29, 0.717) is 18.5 Å². The standard InChI is InChI=1S/C16H16N2O2S/c1-18-14-5-4-11(9-12(14)10-15(18)19)16(20)17-7-6-13-3-2-8-21-13/h2-5,8-9H,6-7,10H2,1H3,(H,17,20). The van der Waals surface area contributed by atoms with Crippen LogP contribution < -0.4 is 10.2 Å². The second-order valence-corrected chi connectivity index (χ2v) is 6.09. The van der Waals surface area contributed by atoms with Crippen molar-refractivity contribution < 1.29 is 9.59 Å². The average Bonchev–Trinajstić information content (AvgIpc) is 3.08. The summed E-state index contributed by atoms with van der Waals surface area (Å²) in [6, 6.07) is 9.50.